The average molecular weight is 260 g/mol. The third-order valence-electron chi connectivity index (χ3n) is 3.75. The van der Waals surface area contributed by atoms with E-state index in [1.165, 1.54) is 0 Å². The van der Waals surface area contributed by atoms with Crippen LogP contribution in [-0.4, -0.2) is 9.97 Å². The highest BCUT2D eigenvalue weighted by Gasteiger charge is 2.09. The molecule has 3 heteroatoms. The minimum atomic E-state index is -0.208. The first-order valence-corrected chi connectivity index (χ1v) is 6.55. The Labute approximate surface area is 114 Å². The Kier molecular flexibility index (Phi) is 2.18. The van der Waals surface area contributed by atoms with Crippen molar-refractivity contribution in [1.82, 2.24) is 9.97 Å². The fourth-order valence-electron chi connectivity index (χ4n) is 2.86. The van der Waals surface area contributed by atoms with Gasteiger partial charge in [0.1, 0.15) is 0 Å². The van der Waals surface area contributed by atoms with E-state index in [1.807, 2.05) is 49.4 Å². The van der Waals surface area contributed by atoms with Crippen molar-refractivity contribution in [3.63, 3.8) is 0 Å². The van der Waals surface area contributed by atoms with Crippen LogP contribution in [0.4, 0.5) is 0 Å². The Balaban J connectivity index is 2.44. The number of aromatic nitrogens is 2. The fraction of sp³-hybridized carbons (Fsp3) is 0.0588. The zero-order chi connectivity index (χ0) is 13.7. The Morgan fingerprint density at radius 2 is 1.85 bits per heavy atom. The van der Waals surface area contributed by atoms with Crippen molar-refractivity contribution < 1.29 is 0 Å². The summed E-state index contributed by atoms with van der Waals surface area (Å²) in [4.78, 5) is 19.6. The molecule has 0 aliphatic carbocycles. The quantitative estimate of drug-likeness (QED) is 0.525. The second-order valence-corrected chi connectivity index (χ2v) is 5.02. The lowest BCUT2D eigenvalue weighted by Gasteiger charge is -1.97. The Hall–Kier alpha value is -2.68. The highest BCUT2D eigenvalue weighted by molar-refractivity contribution is 6.15. The fourth-order valence-corrected chi connectivity index (χ4v) is 2.86. The van der Waals surface area contributed by atoms with E-state index >= 15 is 0 Å². The lowest BCUT2D eigenvalue weighted by Crippen LogP contribution is -1.98. The zero-order valence-electron chi connectivity index (χ0n) is 11.0. The second kappa shape index (κ2) is 3.90. The molecule has 0 bridgehead atoms. The van der Waals surface area contributed by atoms with Crippen molar-refractivity contribution >= 4 is 32.7 Å². The summed E-state index contributed by atoms with van der Waals surface area (Å²) in [5.41, 5.74) is 3.66. The molecule has 0 unspecified atom stereocenters. The largest absolute Gasteiger partial charge is 0.354 e. The van der Waals surface area contributed by atoms with Gasteiger partial charge in [0.05, 0.1) is 11.0 Å². The van der Waals surface area contributed by atoms with Crippen LogP contribution in [0.1, 0.15) is 5.56 Å². The second-order valence-electron chi connectivity index (χ2n) is 5.02. The van der Waals surface area contributed by atoms with Crippen LogP contribution in [-0.2, 0) is 0 Å². The lowest BCUT2D eigenvalue weighted by molar-refractivity contribution is 1.33. The monoisotopic (exact) mass is 260 g/mol. The average Bonchev–Trinajstić information content (AvgIpc) is 2.70. The number of para-hydroxylation sites is 1. The first kappa shape index (κ1) is 11.2. The zero-order valence-corrected chi connectivity index (χ0v) is 11.0. The summed E-state index contributed by atoms with van der Waals surface area (Å²) in [5, 5.41) is 3.00. The molecule has 0 atom stereocenters. The van der Waals surface area contributed by atoms with Gasteiger partial charge in [0, 0.05) is 27.7 Å². The predicted molar refractivity (Wildman–Crippen MR) is 82.1 cm³/mol. The van der Waals surface area contributed by atoms with Crippen molar-refractivity contribution in [2.45, 2.75) is 6.92 Å². The number of rotatable bonds is 0. The molecule has 96 valence electrons. The molecule has 0 aliphatic rings. The number of nitrogens with one attached hydrogen (secondary N) is 1. The number of aromatic amines is 1. The Bertz CT molecular complexity index is 1030. The highest BCUT2D eigenvalue weighted by atomic mass is 16.1. The molecule has 2 heterocycles. The number of hydrogen-bond donors (Lipinski definition) is 1. The normalized spacial score (nSPS) is 11.4. The number of hydrogen-bond acceptors (Lipinski definition) is 2. The van der Waals surface area contributed by atoms with Gasteiger partial charge in [0.25, 0.3) is 5.56 Å². The number of fused-ring (bicyclic) bond motifs is 5. The molecule has 0 spiro atoms. The molecule has 2 aromatic heterocycles. The molecule has 20 heavy (non-hydrogen) atoms. The molecule has 0 radical (unpaired) electrons. The van der Waals surface area contributed by atoms with E-state index in [4.69, 9.17) is 0 Å². The van der Waals surface area contributed by atoms with Crippen LogP contribution in [0, 0.1) is 6.92 Å². The summed E-state index contributed by atoms with van der Waals surface area (Å²) in [7, 11) is 0. The van der Waals surface area contributed by atoms with Crippen molar-refractivity contribution in [3.05, 3.63) is 64.4 Å². The van der Waals surface area contributed by atoms with E-state index in [0.29, 0.717) is 0 Å². The van der Waals surface area contributed by atoms with Gasteiger partial charge >= 0.3 is 0 Å². The smallest absolute Gasteiger partial charge is 0.270 e. The molecular formula is C17H12N2O. The maximum atomic E-state index is 12.0. The minimum Gasteiger partial charge on any atom is -0.354 e. The van der Waals surface area contributed by atoms with Crippen LogP contribution < -0.4 is 5.56 Å². The van der Waals surface area contributed by atoms with Gasteiger partial charge in [-0.2, -0.15) is 0 Å². The number of nitrogens with zero attached hydrogens (tertiary/aromatic N) is 1. The Morgan fingerprint density at radius 1 is 1.00 bits per heavy atom. The molecule has 0 saturated carbocycles. The molecule has 0 amide bonds. The van der Waals surface area contributed by atoms with E-state index in [9.17, 15) is 4.79 Å². The first-order chi connectivity index (χ1) is 9.74. The summed E-state index contributed by atoms with van der Waals surface area (Å²) in [5.74, 6) is 0. The van der Waals surface area contributed by atoms with Crippen LogP contribution in [0.25, 0.3) is 32.7 Å². The first-order valence-electron chi connectivity index (χ1n) is 6.55. The van der Waals surface area contributed by atoms with Crippen LogP contribution in [0.5, 0.6) is 0 Å². The molecular weight excluding hydrogens is 248 g/mol. The van der Waals surface area contributed by atoms with Gasteiger partial charge in [-0.3, -0.25) is 4.79 Å². The van der Waals surface area contributed by atoms with Crippen molar-refractivity contribution in [1.29, 1.82) is 0 Å². The maximum Gasteiger partial charge on any atom is 0.270 e. The molecule has 0 saturated heterocycles. The molecule has 0 fully saturated rings. The predicted octanol–water partition coefficient (Wildman–Crippen LogP) is 3.54. The van der Waals surface area contributed by atoms with Gasteiger partial charge in [-0.15, -0.1) is 0 Å². The van der Waals surface area contributed by atoms with E-state index in [-0.39, 0.29) is 5.56 Å². The van der Waals surface area contributed by atoms with Gasteiger partial charge in [-0.25, -0.2) is 4.98 Å². The lowest BCUT2D eigenvalue weighted by atomic mass is 10.1. The van der Waals surface area contributed by atoms with Gasteiger partial charge in [-0.05, 0) is 24.6 Å². The van der Waals surface area contributed by atoms with Crippen LogP contribution >= 0.6 is 0 Å². The van der Waals surface area contributed by atoms with Crippen LogP contribution in [0.3, 0.4) is 0 Å². The Morgan fingerprint density at radius 3 is 2.75 bits per heavy atom. The minimum absolute atomic E-state index is 0.208. The molecule has 1 N–H and O–H groups in total. The van der Waals surface area contributed by atoms with E-state index in [0.717, 1.165) is 38.3 Å². The summed E-state index contributed by atoms with van der Waals surface area (Å²) < 4.78 is 0. The van der Waals surface area contributed by atoms with Crippen LogP contribution in [0.15, 0.2) is 53.3 Å². The van der Waals surface area contributed by atoms with Gasteiger partial charge in [0.2, 0.25) is 0 Å². The molecule has 2 aromatic carbocycles. The third-order valence-corrected chi connectivity index (χ3v) is 3.75. The molecule has 4 aromatic rings. The molecule has 3 nitrogen and oxygen atoms in total. The van der Waals surface area contributed by atoms with Crippen LogP contribution in [0.2, 0.25) is 0 Å². The summed E-state index contributed by atoms with van der Waals surface area (Å²) in [6.45, 7) is 2.04. The standard InChI is InChI=1S/C17H12N2O/c1-10-5-4-8-14-16(10)17-12(9-15(20)18-14)11-6-2-3-7-13(11)19-17/h2-9,19H,1H3. The van der Waals surface area contributed by atoms with Gasteiger partial charge in [-0.1, -0.05) is 30.3 Å². The number of H-pyrrole nitrogens is 1. The van der Waals surface area contributed by atoms with E-state index in [1.54, 1.807) is 6.07 Å². The maximum absolute atomic E-state index is 12.0. The third kappa shape index (κ3) is 1.46. The molecule has 0 aliphatic heterocycles. The summed E-state index contributed by atoms with van der Waals surface area (Å²) in [6.07, 6.45) is 0. The highest BCUT2D eigenvalue weighted by Crippen LogP contribution is 2.29. The van der Waals surface area contributed by atoms with Crippen molar-refractivity contribution in [2.75, 3.05) is 0 Å². The van der Waals surface area contributed by atoms with E-state index in [2.05, 4.69) is 9.97 Å². The van der Waals surface area contributed by atoms with Gasteiger partial charge in [0.15, 0.2) is 0 Å². The van der Waals surface area contributed by atoms with E-state index < -0.39 is 0 Å². The molecule has 4 rings (SSSR count). The van der Waals surface area contributed by atoms with Crippen molar-refractivity contribution in [2.24, 2.45) is 0 Å². The summed E-state index contributed by atoms with van der Waals surface area (Å²) >= 11 is 0. The van der Waals surface area contributed by atoms with Gasteiger partial charge < -0.3 is 4.98 Å². The number of benzene rings is 2. The summed E-state index contributed by atoms with van der Waals surface area (Å²) in [6, 6.07) is 15.5. The number of aryl methyl sites for hydroxylation is 1. The topological polar surface area (TPSA) is 45.8 Å². The van der Waals surface area contributed by atoms with Crippen molar-refractivity contribution in [3.8, 4) is 0 Å². The SMILES string of the molecule is Cc1cccc2nc(=O)cc3c4ccccc4[nH]c3c12.